The lowest BCUT2D eigenvalue weighted by atomic mass is 9.97. The van der Waals surface area contributed by atoms with Gasteiger partial charge >= 0.3 is 12.4 Å². The number of aryl methyl sites for hydroxylation is 1. The Labute approximate surface area is 241 Å². The van der Waals surface area contributed by atoms with Gasteiger partial charge in [-0.1, -0.05) is 74.6 Å². The number of hydrogen-bond donors (Lipinski definition) is 2. The summed E-state index contributed by atoms with van der Waals surface area (Å²) >= 11 is 5.44. The van der Waals surface area contributed by atoms with Crippen molar-refractivity contribution >= 4 is 23.2 Å². The Balaban J connectivity index is 1.20. The Morgan fingerprint density at radius 3 is 2.39 bits per heavy atom. The molecule has 0 radical (unpaired) electrons. The second-order valence-electron chi connectivity index (χ2n) is 9.66. The van der Waals surface area contributed by atoms with Gasteiger partial charge in [-0.3, -0.25) is 5.32 Å². The van der Waals surface area contributed by atoms with Gasteiger partial charge in [0.15, 0.2) is 5.82 Å². The van der Waals surface area contributed by atoms with Crippen molar-refractivity contribution in [2.45, 2.75) is 45.4 Å². The number of nitrogens with one attached hydrogen (secondary N) is 2. The van der Waals surface area contributed by atoms with Gasteiger partial charge < -0.3 is 10.1 Å². The number of hydrogen-bond acceptors (Lipinski definition) is 5. The molecule has 0 unspecified atom stereocenters. The van der Waals surface area contributed by atoms with E-state index in [9.17, 15) is 18.0 Å². The number of amides is 2. The monoisotopic (exact) mass is 581 g/mol. The van der Waals surface area contributed by atoms with Crippen LogP contribution in [-0.2, 0) is 6.42 Å². The maximum absolute atomic E-state index is 12.4. The van der Waals surface area contributed by atoms with Gasteiger partial charge in [0.25, 0.3) is 0 Å². The summed E-state index contributed by atoms with van der Waals surface area (Å²) in [4.78, 5) is 17.0. The average Bonchev–Trinajstić information content (AvgIpc) is 3.43. The van der Waals surface area contributed by atoms with Crippen LogP contribution in [0.15, 0.2) is 79.1 Å². The minimum absolute atomic E-state index is 0.299. The van der Waals surface area contributed by atoms with Crippen LogP contribution in [-0.4, -0.2) is 38.7 Å². The Morgan fingerprint density at radius 2 is 1.71 bits per heavy atom. The molecule has 2 N–H and O–H groups in total. The van der Waals surface area contributed by atoms with E-state index in [0.29, 0.717) is 29.0 Å². The molecule has 3 aromatic carbocycles. The summed E-state index contributed by atoms with van der Waals surface area (Å²) in [6, 6.07) is 20.8. The lowest BCUT2D eigenvalue weighted by Gasteiger charge is -2.14. The average molecular weight is 582 g/mol. The first-order chi connectivity index (χ1) is 19.6. The Morgan fingerprint density at radius 1 is 1.00 bits per heavy atom. The zero-order chi connectivity index (χ0) is 29.4. The molecule has 0 aliphatic carbocycles. The third-order valence-corrected chi connectivity index (χ3v) is 6.59. The Kier molecular flexibility index (Phi) is 9.72. The highest BCUT2D eigenvalue weighted by molar-refractivity contribution is 7.80. The summed E-state index contributed by atoms with van der Waals surface area (Å²) in [5.41, 5.74) is 4.48. The van der Waals surface area contributed by atoms with Gasteiger partial charge in [0.1, 0.15) is 17.1 Å². The van der Waals surface area contributed by atoms with Gasteiger partial charge in [-0.05, 0) is 60.6 Å². The minimum Gasteiger partial charge on any atom is -0.406 e. The van der Waals surface area contributed by atoms with Gasteiger partial charge in [0, 0.05) is 17.7 Å². The smallest absolute Gasteiger partial charge is 0.406 e. The molecule has 1 aromatic heterocycles. The van der Waals surface area contributed by atoms with E-state index in [2.05, 4.69) is 39.3 Å². The van der Waals surface area contributed by atoms with Crippen LogP contribution in [0.3, 0.4) is 0 Å². The number of nitrogens with zero attached hydrogens (tertiary/aromatic N) is 3. The highest BCUT2D eigenvalue weighted by atomic mass is 32.1. The van der Waals surface area contributed by atoms with E-state index >= 15 is 0 Å². The van der Waals surface area contributed by atoms with Gasteiger partial charge in [-0.15, -0.1) is 18.3 Å². The highest BCUT2D eigenvalue weighted by Gasteiger charge is 2.31. The van der Waals surface area contributed by atoms with Crippen LogP contribution in [0.4, 0.5) is 18.0 Å². The van der Waals surface area contributed by atoms with E-state index in [1.165, 1.54) is 35.3 Å². The first-order valence-electron chi connectivity index (χ1n) is 13.1. The third kappa shape index (κ3) is 8.62. The third-order valence-electron chi connectivity index (χ3n) is 6.27. The van der Waals surface area contributed by atoms with Crippen LogP contribution >= 0.6 is 12.2 Å². The molecule has 0 saturated heterocycles. The Bertz CT molecular complexity index is 1470. The number of unbranched alkanes of at least 4 members (excludes halogenated alkanes) is 1. The summed E-state index contributed by atoms with van der Waals surface area (Å²) in [6.45, 7) is 4.71. The van der Waals surface area contributed by atoms with E-state index in [1.807, 2.05) is 48.5 Å². The molecule has 0 aliphatic heterocycles. The Hall–Kier alpha value is -4.25. The molecule has 7 nitrogen and oxygen atoms in total. The molecule has 4 aromatic rings. The molecule has 214 valence electrons. The topological polar surface area (TPSA) is 81.1 Å². The molecule has 2 amide bonds. The number of ether oxygens (including phenoxy) is 1. The van der Waals surface area contributed by atoms with Crippen LogP contribution < -0.4 is 15.4 Å². The van der Waals surface area contributed by atoms with Crippen molar-refractivity contribution in [2.24, 2.45) is 0 Å². The molecule has 4 rings (SSSR count). The van der Waals surface area contributed by atoms with Crippen molar-refractivity contribution in [3.8, 4) is 22.8 Å². The molecular formula is C30H30F3N5O2S. The molecular weight excluding hydrogens is 551 g/mol. The zero-order valence-corrected chi connectivity index (χ0v) is 23.4. The highest BCUT2D eigenvalue weighted by Crippen LogP contribution is 2.24. The number of rotatable bonds is 10. The second kappa shape index (κ2) is 13.4. The normalized spacial score (nSPS) is 11.4. The van der Waals surface area contributed by atoms with Crippen molar-refractivity contribution < 1.29 is 22.7 Å². The number of carbonyl (C=O) groups is 1. The number of alkyl halides is 3. The minimum atomic E-state index is -4.74. The molecule has 0 atom stereocenters. The van der Waals surface area contributed by atoms with Crippen molar-refractivity contribution in [3.63, 3.8) is 0 Å². The molecule has 11 heteroatoms. The van der Waals surface area contributed by atoms with Crippen molar-refractivity contribution in [3.05, 3.63) is 95.8 Å². The van der Waals surface area contributed by atoms with Crippen LogP contribution in [0, 0.1) is 0 Å². The van der Waals surface area contributed by atoms with E-state index in [-0.39, 0.29) is 11.8 Å². The van der Waals surface area contributed by atoms with Crippen molar-refractivity contribution in [1.29, 1.82) is 0 Å². The molecule has 1 heterocycles. The maximum Gasteiger partial charge on any atom is 0.573 e. The number of benzene rings is 3. The van der Waals surface area contributed by atoms with Crippen LogP contribution in [0.1, 0.15) is 49.3 Å². The van der Waals surface area contributed by atoms with E-state index in [4.69, 9.17) is 12.2 Å². The van der Waals surface area contributed by atoms with Gasteiger partial charge in [-0.25, -0.2) is 14.5 Å². The van der Waals surface area contributed by atoms with E-state index in [0.717, 1.165) is 41.5 Å². The maximum atomic E-state index is 12.4. The first kappa shape index (κ1) is 29.7. The standard InChI is InChI=1S/C30H30F3N5O2S/c1-20(2)25-8-3-4-9-26(25)28(41)36-29(39)34-18-6-5-7-21-10-12-22(13-11-21)27-35-19-38(37-27)23-14-16-24(17-15-23)40-30(31,32)33/h3-4,8-17,19-20H,5-7,18H2,1-2H3,(H2,34,36,39,41). The largest absolute Gasteiger partial charge is 0.573 e. The predicted octanol–water partition coefficient (Wildman–Crippen LogP) is 6.95. The van der Waals surface area contributed by atoms with Crippen LogP contribution in [0.25, 0.3) is 17.1 Å². The quantitative estimate of drug-likeness (QED) is 0.156. The van der Waals surface area contributed by atoms with Gasteiger partial charge in [0.05, 0.1) is 5.69 Å². The summed E-state index contributed by atoms with van der Waals surface area (Å²) in [5.74, 6) is 0.493. The number of urea groups is 1. The zero-order valence-electron chi connectivity index (χ0n) is 22.6. The van der Waals surface area contributed by atoms with Gasteiger partial charge in [-0.2, -0.15) is 0 Å². The summed E-state index contributed by atoms with van der Waals surface area (Å²) in [7, 11) is 0. The van der Waals surface area contributed by atoms with Crippen LogP contribution in [0.5, 0.6) is 5.75 Å². The SMILES string of the molecule is CC(C)c1ccccc1C(=S)NC(=O)NCCCCc1ccc(-c2ncn(-c3ccc(OC(F)(F)F)cc3)n2)cc1. The molecule has 41 heavy (non-hydrogen) atoms. The summed E-state index contributed by atoms with van der Waals surface area (Å²) < 4.78 is 42.5. The fourth-order valence-electron chi connectivity index (χ4n) is 4.22. The number of halogens is 3. The number of aromatic nitrogens is 3. The van der Waals surface area contributed by atoms with Gasteiger partial charge in [0.2, 0.25) is 0 Å². The first-order valence-corrected chi connectivity index (χ1v) is 13.5. The van der Waals surface area contributed by atoms with Crippen LogP contribution in [0.2, 0.25) is 0 Å². The number of carbonyl (C=O) groups excluding carboxylic acids is 1. The predicted molar refractivity (Wildman–Crippen MR) is 155 cm³/mol. The lowest BCUT2D eigenvalue weighted by Crippen LogP contribution is -2.39. The van der Waals surface area contributed by atoms with E-state index in [1.54, 1.807) is 0 Å². The number of thiocarbonyl (C=S) groups is 1. The molecule has 0 aliphatic rings. The van der Waals surface area contributed by atoms with Crippen molar-refractivity contribution in [1.82, 2.24) is 25.4 Å². The summed E-state index contributed by atoms with van der Waals surface area (Å²) in [5, 5.41) is 10.1. The second-order valence-corrected chi connectivity index (χ2v) is 10.1. The van der Waals surface area contributed by atoms with Crippen molar-refractivity contribution in [2.75, 3.05) is 6.54 Å². The fraction of sp³-hybridized carbons (Fsp3) is 0.267. The van der Waals surface area contributed by atoms with E-state index < -0.39 is 6.36 Å². The fourth-order valence-corrected chi connectivity index (χ4v) is 4.50. The summed E-state index contributed by atoms with van der Waals surface area (Å²) in [6.07, 6.45) is -0.693. The lowest BCUT2D eigenvalue weighted by molar-refractivity contribution is -0.274. The molecule has 0 spiro atoms. The molecule has 0 saturated carbocycles. The molecule has 0 bridgehead atoms. The molecule has 0 fully saturated rings.